The Kier molecular flexibility index (Phi) is 2.46. The molecule has 0 aliphatic carbocycles. The molecule has 1 fully saturated rings. The van der Waals surface area contributed by atoms with Crippen LogP contribution in [0.5, 0.6) is 0 Å². The van der Waals surface area contributed by atoms with E-state index < -0.39 is 0 Å². The maximum atomic E-state index is 10.9. The molecule has 0 aromatic heterocycles. The normalized spacial score (nSPS) is 32.7. The van der Waals surface area contributed by atoms with Crippen molar-refractivity contribution in [1.82, 2.24) is 10.6 Å². The van der Waals surface area contributed by atoms with Gasteiger partial charge in [0.2, 0.25) is 5.91 Å². The van der Waals surface area contributed by atoms with Crippen LogP contribution in [0.1, 0.15) is 13.3 Å². The summed E-state index contributed by atoms with van der Waals surface area (Å²) in [4.78, 5) is 10.9. The van der Waals surface area contributed by atoms with E-state index in [0.717, 1.165) is 0 Å². The van der Waals surface area contributed by atoms with Crippen LogP contribution in [0.25, 0.3) is 0 Å². The van der Waals surface area contributed by atoms with Gasteiger partial charge in [0.15, 0.2) is 0 Å². The van der Waals surface area contributed by atoms with Crippen molar-refractivity contribution in [2.45, 2.75) is 18.9 Å². The van der Waals surface area contributed by atoms with E-state index in [1.165, 1.54) is 0 Å². The van der Waals surface area contributed by atoms with Crippen LogP contribution in [0, 0.1) is 0 Å². The molecule has 0 radical (unpaired) electrons. The Hall–Kier alpha value is -0.610. The van der Waals surface area contributed by atoms with Crippen LogP contribution in [0.15, 0.2) is 0 Å². The lowest BCUT2D eigenvalue weighted by atomic mass is 10.1. The number of hydrogen-bond donors (Lipinski definition) is 3. The molecule has 0 aromatic rings. The van der Waals surface area contributed by atoms with Crippen molar-refractivity contribution in [2.75, 3.05) is 19.7 Å². The lowest BCUT2D eigenvalue weighted by Crippen LogP contribution is -2.51. The molecule has 64 valence electrons. The SMILES string of the molecule is CC1(CO)CNC(=O)CCN1. The van der Waals surface area contributed by atoms with Gasteiger partial charge in [-0.3, -0.25) is 4.79 Å². The van der Waals surface area contributed by atoms with Crippen molar-refractivity contribution in [3.05, 3.63) is 0 Å². The molecule has 1 rings (SSSR count). The van der Waals surface area contributed by atoms with Crippen molar-refractivity contribution in [3.8, 4) is 0 Å². The Bertz CT molecular complexity index is 161. The predicted molar refractivity (Wildman–Crippen MR) is 41.1 cm³/mol. The Balaban J connectivity index is 2.52. The summed E-state index contributed by atoms with van der Waals surface area (Å²) in [5.41, 5.74) is -0.341. The van der Waals surface area contributed by atoms with Crippen LogP contribution in [0.4, 0.5) is 0 Å². The Morgan fingerprint density at radius 3 is 3.09 bits per heavy atom. The summed E-state index contributed by atoms with van der Waals surface area (Å²) in [6.45, 7) is 3.08. The van der Waals surface area contributed by atoms with Gasteiger partial charge in [0.05, 0.1) is 12.1 Å². The number of rotatable bonds is 1. The summed E-state index contributed by atoms with van der Waals surface area (Å²) in [6.07, 6.45) is 0.496. The van der Waals surface area contributed by atoms with E-state index in [1.807, 2.05) is 6.92 Å². The first-order chi connectivity index (χ1) is 5.16. The number of aliphatic hydroxyl groups excluding tert-OH is 1. The quantitative estimate of drug-likeness (QED) is 0.451. The van der Waals surface area contributed by atoms with E-state index in [2.05, 4.69) is 10.6 Å². The maximum Gasteiger partial charge on any atom is 0.221 e. The molecule has 0 bridgehead atoms. The molecule has 11 heavy (non-hydrogen) atoms. The van der Waals surface area contributed by atoms with Gasteiger partial charge in [0, 0.05) is 19.5 Å². The Morgan fingerprint density at radius 1 is 1.73 bits per heavy atom. The third-order valence-electron chi connectivity index (χ3n) is 1.93. The van der Waals surface area contributed by atoms with Crippen LogP contribution in [-0.2, 0) is 4.79 Å². The molecular weight excluding hydrogens is 144 g/mol. The predicted octanol–water partition coefficient (Wildman–Crippen LogP) is -1.15. The van der Waals surface area contributed by atoms with Crippen molar-refractivity contribution in [3.63, 3.8) is 0 Å². The van der Waals surface area contributed by atoms with Crippen molar-refractivity contribution in [2.24, 2.45) is 0 Å². The van der Waals surface area contributed by atoms with E-state index in [-0.39, 0.29) is 18.1 Å². The van der Waals surface area contributed by atoms with Gasteiger partial charge in [-0.25, -0.2) is 0 Å². The molecule has 1 atom stereocenters. The highest BCUT2D eigenvalue weighted by molar-refractivity contribution is 5.76. The number of aliphatic hydroxyl groups is 1. The molecule has 0 aromatic carbocycles. The summed E-state index contributed by atoms with van der Waals surface area (Å²) in [5.74, 6) is 0.0506. The maximum absolute atomic E-state index is 10.9. The fourth-order valence-electron chi connectivity index (χ4n) is 1.03. The minimum absolute atomic E-state index is 0.0489. The monoisotopic (exact) mass is 158 g/mol. The largest absolute Gasteiger partial charge is 0.394 e. The second kappa shape index (κ2) is 3.19. The average molecular weight is 158 g/mol. The highest BCUT2D eigenvalue weighted by Gasteiger charge is 2.25. The van der Waals surface area contributed by atoms with Crippen LogP contribution >= 0.6 is 0 Å². The summed E-state index contributed by atoms with van der Waals surface area (Å²) in [7, 11) is 0. The standard InChI is InChI=1S/C7H14N2O2/c1-7(5-10)4-8-6(11)2-3-9-7/h9-10H,2-5H2,1H3,(H,8,11). The fraction of sp³-hybridized carbons (Fsp3) is 0.857. The summed E-state index contributed by atoms with van der Waals surface area (Å²) in [6, 6.07) is 0. The van der Waals surface area contributed by atoms with E-state index in [0.29, 0.717) is 19.5 Å². The molecule has 4 nitrogen and oxygen atoms in total. The first-order valence-corrected chi connectivity index (χ1v) is 3.79. The second-order valence-electron chi connectivity index (χ2n) is 3.17. The van der Waals surface area contributed by atoms with Gasteiger partial charge in [-0.1, -0.05) is 0 Å². The van der Waals surface area contributed by atoms with Gasteiger partial charge in [0.1, 0.15) is 0 Å². The van der Waals surface area contributed by atoms with E-state index in [9.17, 15) is 4.79 Å². The molecule has 1 aliphatic heterocycles. The molecule has 1 unspecified atom stereocenters. The number of carbonyl (C=O) groups excluding carboxylic acids is 1. The molecule has 3 N–H and O–H groups in total. The van der Waals surface area contributed by atoms with Gasteiger partial charge in [0.25, 0.3) is 0 Å². The van der Waals surface area contributed by atoms with Gasteiger partial charge in [-0.15, -0.1) is 0 Å². The lowest BCUT2D eigenvalue weighted by Gasteiger charge is -2.25. The third kappa shape index (κ3) is 2.17. The first kappa shape index (κ1) is 8.49. The van der Waals surface area contributed by atoms with Gasteiger partial charge in [-0.05, 0) is 6.92 Å². The van der Waals surface area contributed by atoms with Crippen molar-refractivity contribution in [1.29, 1.82) is 0 Å². The molecule has 4 heteroatoms. The molecule has 1 heterocycles. The van der Waals surface area contributed by atoms with Crippen molar-refractivity contribution < 1.29 is 9.90 Å². The molecule has 0 spiro atoms. The van der Waals surface area contributed by atoms with Gasteiger partial charge < -0.3 is 15.7 Å². The Labute approximate surface area is 66.0 Å². The molecule has 1 amide bonds. The van der Waals surface area contributed by atoms with Crippen LogP contribution in [0.3, 0.4) is 0 Å². The molecule has 1 aliphatic rings. The highest BCUT2D eigenvalue weighted by atomic mass is 16.3. The molecule has 0 saturated carbocycles. The van der Waals surface area contributed by atoms with Gasteiger partial charge >= 0.3 is 0 Å². The van der Waals surface area contributed by atoms with E-state index in [4.69, 9.17) is 5.11 Å². The van der Waals surface area contributed by atoms with Crippen LogP contribution in [-0.4, -0.2) is 36.2 Å². The second-order valence-corrected chi connectivity index (χ2v) is 3.17. The Morgan fingerprint density at radius 2 is 2.45 bits per heavy atom. The molecular formula is C7H14N2O2. The minimum atomic E-state index is -0.341. The van der Waals surface area contributed by atoms with Crippen LogP contribution < -0.4 is 10.6 Å². The highest BCUT2D eigenvalue weighted by Crippen LogP contribution is 2.03. The molecule has 1 saturated heterocycles. The zero-order chi connectivity index (χ0) is 8.32. The number of hydrogen-bond acceptors (Lipinski definition) is 3. The third-order valence-corrected chi connectivity index (χ3v) is 1.93. The average Bonchev–Trinajstić information content (AvgIpc) is 2.15. The minimum Gasteiger partial charge on any atom is -0.394 e. The lowest BCUT2D eigenvalue weighted by molar-refractivity contribution is -0.120. The van der Waals surface area contributed by atoms with Gasteiger partial charge in [-0.2, -0.15) is 0 Å². The smallest absolute Gasteiger partial charge is 0.221 e. The van der Waals surface area contributed by atoms with Crippen LogP contribution in [0.2, 0.25) is 0 Å². The fourth-order valence-corrected chi connectivity index (χ4v) is 1.03. The zero-order valence-electron chi connectivity index (χ0n) is 6.68. The summed E-state index contributed by atoms with van der Waals surface area (Å²) >= 11 is 0. The van der Waals surface area contributed by atoms with Crippen molar-refractivity contribution >= 4 is 5.91 Å². The number of amides is 1. The summed E-state index contributed by atoms with van der Waals surface area (Å²) in [5, 5.41) is 14.8. The first-order valence-electron chi connectivity index (χ1n) is 3.79. The topological polar surface area (TPSA) is 61.4 Å². The van der Waals surface area contributed by atoms with E-state index in [1.54, 1.807) is 0 Å². The zero-order valence-corrected chi connectivity index (χ0v) is 6.68. The van der Waals surface area contributed by atoms with E-state index >= 15 is 0 Å². The number of nitrogens with one attached hydrogen (secondary N) is 2. The summed E-state index contributed by atoms with van der Waals surface area (Å²) < 4.78 is 0. The number of carbonyl (C=O) groups is 1.